The molecule has 0 unspecified atom stereocenters. The predicted octanol–water partition coefficient (Wildman–Crippen LogP) is 3.50. The molecule has 0 aliphatic carbocycles. The van der Waals surface area contributed by atoms with Gasteiger partial charge in [0.2, 0.25) is 0 Å². The molecule has 0 atom stereocenters. The van der Waals surface area contributed by atoms with E-state index in [1.807, 2.05) is 36.4 Å². The van der Waals surface area contributed by atoms with Crippen molar-refractivity contribution in [1.29, 1.82) is 0 Å². The quantitative estimate of drug-likeness (QED) is 0.531. The molecule has 114 valence electrons. The fourth-order valence-corrected chi connectivity index (χ4v) is 3.02. The van der Waals surface area contributed by atoms with E-state index >= 15 is 0 Å². The first kappa shape index (κ1) is 14.8. The summed E-state index contributed by atoms with van der Waals surface area (Å²) >= 11 is 0. The van der Waals surface area contributed by atoms with E-state index in [2.05, 4.69) is 35.7 Å². The Balaban J connectivity index is 2.09. The number of hydrogen-bond donors (Lipinski definition) is 0. The second-order valence-corrected chi connectivity index (χ2v) is 6.03. The average molecular weight is 294 g/mol. The molecule has 0 saturated heterocycles. The Morgan fingerprint density at radius 2 is 1.41 bits per heavy atom. The largest absolute Gasteiger partial charge is 0.340 e. The average Bonchev–Trinajstić information content (AvgIpc) is 2.54. The van der Waals surface area contributed by atoms with E-state index in [0.29, 0.717) is 0 Å². The Bertz CT molecular complexity index is 789. The summed E-state index contributed by atoms with van der Waals surface area (Å²) < 4.78 is 2.29. The lowest BCUT2D eigenvalue weighted by atomic mass is 10.1. The first-order chi connectivity index (χ1) is 10.7. The topological polar surface area (TPSA) is 25.2 Å². The van der Waals surface area contributed by atoms with Crippen molar-refractivity contribution in [3.05, 3.63) is 58.8 Å². The molecule has 0 radical (unpaired) electrons. The van der Waals surface area contributed by atoms with Crippen molar-refractivity contribution in [2.24, 2.45) is 0 Å². The number of hydrogen-bond acceptors (Lipinski definition) is 2. The van der Waals surface area contributed by atoms with E-state index in [1.165, 1.54) is 0 Å². The van der Waals surface area contributed by atoms with Crippen LogP contribution in [0, 0.1) is 0 Å². The second kappa shape index (κ2) is 6.32. The van der Waals surface area contributed by atoms with Crippen LogP contribution in [0.2, 0.25) is 0 Å². The lowest BCUT2D eigenvalue weighted by Gasteiger charge is -2.16. The maximum atomic E-state index is 12.6. The highest BCUT2D eigenvalue weighted by atomic mass is 16.1. The molecular formula is C19H22N2O. The standard InChI is InChI=1S/C19H22N2O/c1-20(2)13-7-8-14-21-17-11-5-3-9-15(17)19(22)16-10-4-6-12-18(16)21/h3-6,9-12H,7-8,13-14H2,1-2H3. The molecule has 3 rings (SSSR count). The lowest BCUT2D eigenvalue weighted by molar-refractivity contribution is 0.389. The van der Waals surface area contributed by atoms with Gasteiger partial charge in [-0.2, -0.15) is 0 Å². The molecule has 3 heteroatoms. The summed E-state index contributed by atoms with van der Waals surface area (Å²) in [4.78, 5) is 14.8. The Hall–Kier alpha value is -2.13. The summed E-state index contributed by atoms with van der Waals surface area (Å²) in [5.41, 5.74) is 2.21. The van der Waals surface area contributed by atoms with E-state index in [-0.39, 0.29) is 5.43 Å². The Morgan fingerprint density at radius 1 is 0.864 bits per heavy atom. The van der Waals surface area contributed by atoms with Crippen molar-refractivity contribution >= 4 is 21.8 Å². The second-order valence-electron chi connectivity index (χ2n) is 6.03. The number of para-hydroxylation sites is 2. The van der Waals surface area contributed by atoms with Gasteiger partial charge in [-0.05, 0) is 57.7 Å². The molecule has 0 fully saturated rings. The number of rotatable bonds is 5. The molecule has 0 aliphatic heterocycles. The number of pyridine rings is 1. The highest BCUT2D eigenvalue weighted by molar-refractivity contribution is 5.93. The minimum Gasteiger partial charge on any atom is -0.340 e. The van der Waals surface area contributed by atoms with Crippen LogP contribution in [0.3, 0.4) is 0 Å². The van der Waals surface area contributed by atoms with Gasteiger partial charge in [-0.3, -0.25) is 4.79 Å². The summed E-state index contributed by atoms with van der Waals surface area (Å²) in [6.45, 7) is 2.03. The van der Waals surface area contributed by atoms with Gasteiger partial charge in [0.25, 0.3) is 0 Å². The van der Waals surface area contributed by atoms with Crippen LogP contribution in [0.1, 0.15) is 12.8 Å². The molecule has 2 aromatic carbocycles. The monoisotopic (exact) mass is 294 g/mol. The van der Waals surface area contributed by atoms with Crippen LogP contribution in [0.4, 0.5) is 0 Å². The van der Waals surface area contributed by atoms with Crippen molar-refractivity contribution in [2.75, 3.05) is 20.6 Å². The van der Waals surface area contributed by atoms with Crippen molar-refractivity contribution in [3.63, 3.8) is 0 Å². The van der Waals surface area contributed by atoms with E-state index in [0.717, 1.165) is 47.7 Å². The SMILES string of the molecule is CN(C)CCCCn1c2ccccc2c(=O)c2ccccc21. The number of unbranched alkanes of at least 4 members (excludes halogenated alkanes) is 1. The van der Waals surface area contributed by atoms with Gasteiger partial charge in [0.1, 0.15) is 0 Å². The smallest absolute Gasteiger partial charge is 0.197 e. The van der Waals surface area contributed by atoms with Gasteiger partial charge in [-0.1, -0.05) is 24.3 Å². The molecular weight excluding hydrogens is 272 g/mol. The Kier molecular flexibility index (Phi) is 4.25. The molecule has 3 nitrogen and oxygen atoms in total. The van der Waals surface area contributed by atoms with Gasteiger partial charge in [0, 0.05) is 17.3 Å². The van der Waals surface area contributed by atoms with Crippen LogP contribution in [0.5, 0.6) is 0 Å². The van der Waals surface area contributed by atoms with Crippen LogP contribution in [-0.4, -0.2) is 30.1 Å². The zero-order valence-corrected chi connectivity index (χ0v) is 13.2. The third-order valence-electron chi connectivity index (χ3n) is 4.12. The molecule has 0 amide bonds. The maximum Gasteiger partial charge on any atom is 0.197 e. The zero-order valence-electron chi connectivity index (χ0n) is 13.2. The number of nitrogens with zero attached hydrogens (tertiary/aromatic N) is 2. The molecule has 1 aromatic heterocycles. The Morgan fingerprint density at radius 3 is 1.95 bits per heavy atom. The maximum absolute atomic E-state index is 12.6. The van der Waals surface area contributed by atoms with Crippen molar-refractivity contribution < 1.29 is 0 Å². The van der Waals surface area contributed by atoms with Gasteiger partial charge in [-0.25, -0.2) is 0 Å². The molecule has 0 aliphatic rings. The Labute approximate surface area is 130 Å². The summed E-state index contributed by atoms with van der Waals surface area (Å²) in [5, 5.41) is 1.63. The fourth-order valence-electron chi connectivity index (χ4n) is 3.02. The number of benzene rings is 2. The van der Waals surface area contributed by atoms with Crippen molar-refractivity contribution in [2.45, 2.75) is 19.4 Å². The van der Waals surface area contributed by atoms with Crippen LogP contribution in [0.25, 0.3) is 21.8 Å². The lowest BCUT2D eigenvalue weighted by Crippen LogP contribution is -2.15. The van der Waals surface area contributed by atoms with Crippen LogP contribution in [-0.2, 0) is 6.54 Å². The minimum atomic E-state index is 0.135. The van der Waals surface area contributed by atoms with Crippen LogP contribution in [0.15, 0.2) is 53.3 Å². The minimum absolute atomic E-state index is 0.135. The molecule has 0 N–H and O–H groups in total. The predicted molar refractivity (Wildman–Crippen MR) is 93.5 cm³/mol. The number of fused-ring (bicyclic) bond motifs is 2. The summed E-state index contributed by atoms with van der Waals surface area (Å²) in [6.07, 6.45) is 2.26. The summed E-state index contributed by atoms with van der Waals surface area (Å²) in [6, 6.07) is 15.9. The van der Waals surface area contributed by atoms with Gasteiger partial charge >= 0.3 is 0 Å². The summed E-state index contributed by atoms with van der Waals surface area (Å²) in [5.74, 6) is 0. The van der Waals surface area contributed by atoms with Gasteiger partial charge in [0.15, 0.2) is 5.43 Å². The van der Waals surface area contributed by atoms with Gasteiger partial charge < -0.3 is 9.47 Å². The van der Waals surface area contributed by atoms with Crippen LogP contribution >= 0.6 is 0 Å². The first-order valence-corrected chi connectivity index (χ1v) is 7.83. The van der Waals surface area contributed by atoms with Gasteiger partial charge in [-0.15, -0.1) is 0 Å². The van der Waals surface area contributed by atoms with E-state index in [4.69, 9.17) is 0 Å². The fraction of sp³-hybridized carbons (Fsp3) is 0.316. The number of aryl methyl sites for hydroxylation is 1. The highest BCUT2D eigenvalue weighted by Gasteiger charge is 2.09. The summed E-state index contributed by atoms with van der Waals surface area (Å²) in [7, 11) is 4.20. The first-order valence-electron chi connectivity index (χ1n) is 7.83. The molecule has 0 saturated carbocycles. The van der Waals surface area contributed by atoms with Crippen LogP contribution < -0.4 is 5.43 Å². The third kappa shape index (κ3) is 2.77. The van der Waals surface area contributed by atoms with Crippen molar-refractivity contribution in [1.82, 2.24) is 9.47 Å². The molecule has 0 bridgehead atoms. The van der Waals surface area contributed by atoms with Crippen molar-refractivity contribution in [3.8, 4) is 0 Å². The van der Waals surface area contributed by atoms with Gasteiger partial charge in [0.05, 0.1) is 11.0 Å². The van der Waals surface area contributed by atoms with E-state index in [1.54, 1.807) is 0 Å². The molecule has 1 heterocycles. The normalized spacial score (nSPS) is 11.6. The third-order valence-corrected chi connectivity index (χ3v) is 4.12. The number of aromatic nitrogens is 1. The molecule has 3 aromatic rings. The van der Waals surface area contributed by atoms with E-state index < -0.39 is 0 Å². The zero-order chi connectivity index (χ0) is 15.5. The molecule has 0 spiro atoms. The van der Waals surface area contributed by atoms with E-state index in [9.17, 15) is 4.79 Å². The highest BCUT2D eigenvalue weighted by Crippen LogP contribution is 2.19. The molecule has 22 heavy (non-hydrogen) atoms.